The van der Waals surface area contributed by atoms with Gasteiger partial charge in [0.25, 0.3) is 0 Å². The molecule has 0 spiro atoms. The van der Waals surface area contributed by atoms with Crippen LogP contribution in [0.25, 0.3) is 0 Å². The molecule has 0 unspecified atom stereocenters. The molecule has 0 amide bonds. The van der Waals surface area contributed by atoms with E-state index in [2.05, 4.69) is 32.9 Å². The zero-order chi connectivity index (χ0) is 13.0. The Labute approximate surface area is 116 Å². The van der Waals surface area contributed by atoms with Crippen LogP contribution >= 0.6 is 15.9 Å². The van der Waals surface area contributed by atoms with E-state index < -0.39 is 0 Å². The monoisotopic (exact) mass is 318 g/mol. The molecule has 1 aliphatic heterocycles. The molecular weight excluding hydrogens is 298 g/mol. The van der Waals surface area contributed by atoms with Crippen LogP contribution in [0, 0.1) is 0 Å². The lowest BCUT2D eigenvalue weighted by molar-refractivity contribution is -0.758. The van der Waals surface area contributed by atoms with Gasteiger partial charge in [-0.05, 0) is 22.4 Å². The summed E-state index contributed by atoms with van der Waals surface area (Å²) in [5, 5.41) is 12.8. The number of halogens is 1. The van der Waals surface area contributed by atoms with Crippen LogP contribution in [0.4, 0.5) is 0 Å². The number of H-pyrrole nitrogens is 1. The molecule has 1 aliphatic rings. The number of aliphatic hydroxyl groups excluding tert-OH is 1. The molecule has 0 bridgehead atoms. The first kappa shape index (κ1) is 14.0. The molecule has 2 rings (SSSR count). The van der Waals surface area contributed by atoms with Gasteiger partial charge in [0.05, 0.1) is 25.5 Å². The lowest BCUT2D eigenvalue weighted by Gasteiger charge is -2.24. The summed E-state index contributed by atoms with van der Waals surface area (Å²) in [5.41, 5.74) is 2.07. The van der Waals surface area contributed by atoms with Crippen LogP contribution in [0.15, 0.2) is 4.47 Å². The van der Waals surface area contributed by atoms with Gasteiger partial charge in [-0.15, -0.1) is 4.68 Å². The zero-order valence-electron chi connectivity index (χ0n) is 10.8. The number of hydrogen-bond donors (Lipinski definition) is 2. The summed E-state index contributed by atoms with van der Waals surface area (Å²) in [4.78, 5) is 2.39. The lowest BCUT2D eigenvalue weighted by Crippen LogP contribution is -2.47. The van der Waals surface area contributed by atoms with Gasteiger partial charge >= 0.3 is 0 Å². The van der Waals surface area contributed by atoms with Crippen LogP contribution < -0.4 is 4.68 Å². The van der Waals surface area contributed by atoms with Gasteiger partial charge in [-0.2, -0.15) is 5.10 Å². The summed E-state index contributed by atoms with van der Waals surface area (Å²) < 4.78 is 8.38. The number of rotatable bonds is 5. The third-order valence-electron chi connectivity index (χ3n) is 3.36. The largest absolute Gasteiger partial charge is 0.385 e. The fourth-order valence-corrected chi connectivity index (χ4v) is 2.93. The summed E-state index contributed by atoms with van der Waals surface area (Å²) in [6.07, 6.45) is 0.929. The Morgan fingerprint density at radius 3 is 2.78 bits per heavy atom. The van der Waals surface area contributed by atoms with Gasteiger partial charge in [-0.3, -0.25) is 4.90 Å². The predicted molar refractivity (Wildman–Crippen MR) is 71.2 cm³/mol. The molecule has 6 heteroatoms. The number of aliphatic hydroxyl groups is 1. The van der Waals surface area contributed by atoms with E-state index in [0.29, 0.717) is 0 Å². The molecule has 0 saturated carbocycles. The number of aromatic amines is 1. The summed E-state index contributed by atoms with van der Waals surface area (Å²) in [6.45, 7) is 7.66. The van der Waals surface area contributed by atoms with Gasteiger partial charge in [-0.25, -0.2) is 0 Å². The van der Waals surface area contributed by atoms with Crippen molar-refractivity contribution >= 4 is 15.9 Å². The number of nitrogens with zero attached hydrogens (tertiary/aromatic N) is 2. The fourth-order valence-electron chi connectivity index (χ4n) is 2.22. The van der Waals surface area contributed by atoms with E-state index in [-0.39, 0.29) is 6.61 Å². The van der Waals surface area contributed by atoms with Crippen LogP contribution in [0.5, 0.6) is 0 Å². The molecule has 1 fully saturated rings. The van der Waals surface area contributed by atoms with Crippen LogP contribution in [0.3, 0.4) is 0 Å². The Balaban J connectivity index is 1.99. The quantitative estimate of drug-likeness (QED) is 0.775. The van der Waals surface area contributed by atoms with Crippen molar-refractivity contribution in [2.45, 2.75) is 26.5 Å². The second kappa shape index (κ2) is 6.65. The third kappa shape index (κ3) is 3.12. The number of aryl methyl sites for hydroxylation is 1. The second-order valence-corrected chi connectivity index (χ2v) is 5.26. The van der Waals surface area contributed by atoms with E-state index in [4.69, 9.17) is 4.74 Å². The molecule has 1 saturated heterocycles. The Kier molecular flexibility index (Phi) is 5.17. The van der Waals surface area contributed by atoms with Crippen LogP contribution in [0.2, 0.25) is 0 Å². The number of hydrogen-bond acceptors (Lipinski definition) is 3. The minimum absolute atomic E-state index is 0.0557. The average molecular weight is 319 g/mol. The van der Waals surface area contributed by atoms with Gasteiger partial charge in [0.15, 0.2) is 6.54 Å². The molecule has 1 aromatic rings. The minimum Gasteiger partial charge on any atom is -0.385 e. The molecule has 2 N–H and O–H groups in total. The standard InChI is InChI=1S/C12H20BrN3O2/c1-2-10-12(13)11(9-17)16(14-10)4-3-15-5-7-18-8-6-15/h17H,2-9H2,1H3/p+1. The minimum atomic E-state index is 0.0557. The van der Waals surface area contributed by atoms with E-state index >= 15 is 0 Å². The highest BCUT2D eigenvalue weighted by molar-refractivity contribution is 9.10. The van der Waals surface area contributed by atoms with Crippen molar-refractivity contribution in [1.82, 2.24) is 10.00 Å². The fraction of sp³-hybridized carbons (Fsp3) is 0.750. The average Bonchev–Trinajstić information content (AvgIpc) is 2.73. The number of ether oxygens (including phenoxy) is 1. The first-order valence-electron chi connectivity index (χ1n) is 6.46. The number of nitrogens with one attached hydrogen (secondary N) is 1. The van der Waals surface area contributed by atoms with E-state index in [1.165, 1.54) is 0 Å². The molecule has 18 heavy (non-hydrogen) atoms. The summed E-state index contributed by atoms with van der Waals surface area (Å²) >= 11 is 3.54. The smallest absolute Gasteiger partial charge is 0.247 e. The molecule has 102 valence electrons. The summed E-state index contributed by atoms with van der Waals surface area (Å²) in [7, 11) is 0. The predicted octanol–water partition coefficient (Wildman–Crippen LogP) is 0.452. The zero-order valence-corrected chi connectivity index (χ0v) is 12.4. The van der Waals surface area contributed by atoms with Crippen molar-refractivity contribution in [3.63, 3.8) is 0 Å². The van der Waals surface area contributed by atoms with E-state index in [1.807, 2.05) is 4.68 Å². The van der Waals surface area contributed by atoms with E-state index in [1.54, 1.807) is 0 Å². The maximum atomic E-state index is 9.44. The first-order chi connectivity index (χ1) is 8.76. The topological polar surface area (TPSA) is 52.4 Å². The Hall–Kier alpha value is -0.430. The molecule has 5 nitrogen and oxygen atoms in total. The molecule has 2 heterocycles. The highest BCUT2D eigenvalue weighted by atomic mass is 79.9. The molecule has 0 aliphatic carbocycles. The number of aromatic nitrogens is 2. The van der Waals surface area contributed by atoms with Gasteiger partial charge in [0, 0.05) is 13.1 Å². The molecule has 0 aromatic carbocycles. The Morgan fingerprint density at radius 2 is 2.17 bits per heavy atom. The second-order valence-electron chi connectivity index (χ2n) is 4.47. The SMILES string of the molecule is CCc1[nH][n+](CCN2CCOCC2)c(CO)c1Br. The number of morpholine rings is 1. The third-order valence-corrected chi connectivity index (χ3v) is 4.30. The summed E-state index contributed by atoms with van der Waals surface area (Å²) in [6, 6.07) is 0. The van der Waals surface area contributed by atoms with E-state index in [9.17, 15) is 5.11 Å². The lowest BCUT2D eigenvalue weighted by atomic mass is 10.3. The Morgan fingerprint density at radius 1 is 1.44 bits per heavy atom. The van der Waals surface area contributed by atoms with Gasteiger partial charge in [-0.1, -0.05) is 6.92 Å². The van der Waals surface area contributed by atoms with Crippen molar-refractivity contribution in [3.8, 4) is 0 Å². The summed E-state index contributed by atoms with van der Waals surface area (Å²) in [5.74, 6) is 0. The van der Waals surface area contributed by atoms with Crippen molar-refractivity contribution < 1.29 is 14.5 Å². The van der Waals surface area contributed by atoms with Crippen molar-refractivity contribution in [2.24, 2.45) is 0 Å². The van der Waals surface area contributed by atoms with E-state index in [0.717, 1.165) is 61.7 Å². The van der Waals surface area contributed by atoms with Crippen LogP contribution in [-0.4, -0.2) is 48.0 Å². The normalized spacial score (nSPS) is 17.3. The van der Waals surface area contributed by atoms with Crippen molar-refractivity contribution in [1.29, 1.82) is 0 Å². The molecule has 1 aromatic heterocycles. The van der Waals surface area contributed by atoms with Gasteiger partial charge in [0.1, 0.15) is 11.1 Å². The highest BCUT2D eigenvalue weighted by Gasteiger charge is 2.22. The van der Waals surface area contributed by atoms with Crippen molar-refractivity contribution in [3.05, 3.63) is 15.9 Å². The first-order valence-corrected chi connectivity index (χ1v) is 7.25. The molecule has 0 atom stereocenters. The highest BCUT2D eigenvalue weighted by Crippen LogP contribution is 2.18. The molecular formula is C12H21BrN3O2+. The van der Waals surface area contributed by atoms with Gasteiger partial charge < -0.3 is 9.84 Å². The maximum absolute atomic E-state index is 9.44. The molecule has 0 radical (unpaired) electrons. The van der Waals surface area contributed by atoms with Gasteiger partial charge in [0.2, 0.25) is 5.69 Å². The van der Waals surface area contributed by atoms with Crippen LogP contribution in [0.1, 0.15) is 18.3 Å². The van der Waals surface area contributed by atoms with Crippen molar-refractivity contribution in [2.75, 3.05) is 32.8 Å². The Bertz CT molecular complexity index is 389. The maximum Gasteiger partial charge on any atom is 0.247 e. The van der Waals surface area contributed by atoms with Crippen LogP contribution in [-0.2, 0) is 24.3 Å².